The van der Waals surface area contributed by atoms with Crippen molar-refractivity contribution in [3.8, 4) is 0 Å². The average molecular weight is 444 g/mol. The number of hydrogen-bond acceptors (Lipinski definition) is 5. The van der Waals surface area contributed by atoms with Crippen LogP contribution >= 0.6 is 23.4 Å². The van der Waals surface area contributed by atoms with Crippen molar-refractivity contribution in [1.29, 1.82) is 0 Å². The van der Waals surface area contributed by atoms with Gasteiger partial charge in [-0.25, -0.2) is 0 Å². The van der Waals surface area contributed by atoms with Crippen molar-refractivity contribution in [2.24, 2.45) is 7.05 Å². The van der Waals surface area contributed by atoms with Crippen molar-refractivity contribution in [1.82, 2.24) is 20.1 Å². The summed E-state index contributed by atoms with van der Waals surface area (Å²) >= 11 is 7.36. The number of nitrogens with one attached hydrogen (secondary N) is 2. The molecule has 0 aliphatic rings. The molecule has 3 rings (SSSR count). The normalized spacial score (nSPS) is 11.7. The molecule has 2 aromatic carbocycles. The number of anilines is 1. The Bertz CT molecular complexity index is 1050. The summed E-state index contributed by atoms with van der Waals surface area (Å²) in [6, 6.07) is 14.1. The van der Waals surface area contributed by atoms with Crippen LogP contribution in [0, 0.1) is 6.92 Å². The number of carbonyl (C=O) groups excluding carboxylic acids is 2. The molecule has 0 aliphatic carbocycles. The van der Waals surface area contributed by atoms with Gasteiger partial charge in [0.05, 0.1) is 22.4 Å². The van der Waals surface area contributed by atoms with Gasteiger partial charge in [0.1, 0.15) is 0 Å². The Kier molecular flexibility index (Phi) is 7.12. The van der Waals surface area contributed by atoms with Crippen molar-refractivity contribution in [2.45, 2.75) is 25.0 Å². The van der Waals surface area contributed by atoms with Gasteiger partial charge in [0.25, 0.3) is 5.91 Å². The Morgan fingerprint density at radius 3 is 2.53 bits per heavy atom. The van der Waals surface area contributed by atoms with E-state index < -0.39 is 0 Å². The molecule has 0 fully saturated rings. The lowest BCUT2D eigenvalue weighted by atomic mass is 10.2. The molecule has 0 bridgehead atoms. The molecule has 0 aliphatic heterocycles. The van der Waals surface area contributed by atoms with E-state index in [9.17, 15) is 9.59 Å². The van der Waals surface area contributed by atoms with Crippen LogP contribution in [0.2, 0.25) is 5.02 Å². The van der Waals surface area contributed by atoms with Gasteiger partial charge >= 0.3 is 0 Å². The Balaban J connectivity index is 1.58. The minimum atomic E-state index is -0.387. The Hall–Kier alpha value is -2.84. The van der Waals surface area contributed by atoms with E-state index in [1.54, 1.807) is 35.9 Å². The van der Waals surface area contributed by atoms with Crippen LogP contribution in [0.4, 0.5) is 5.69 Å². The molecule has 30 heavy (non-hydrogen) atoms. The highest BCUT2D eigenvalue weighted by atomic mass is 35.5. The molecule has 9 heteroatoms. The molecular formula is C21H22ClN5O2S. The summed E-state index contributed by atoms with van der Waals surface area (Å²) in [4.78, 5) is 24.7. The zero-order valence-electron chi connectivity index (χ0n) is 16.8. The summed E-state index contributed by atoms with van der Waals surface area (Å²) in [6.07, 6.45) is 0. The van der Waals surface area contributed by atoms with Gasteiger partial charge in [-0.15, -0.1) is 10.2 Å². The first-order valence-electron chi connectivity index (χ1n) is 9.29. The summed E-state index contributed by atoms with van der Waals surface area (Å²) in [5.74, 6) is 0.355. The summed E-state index contributed by atoms with van der Waals surface area (Å²) in [5, 5.41) is 15.0. The molecule has 0 saturated carbocycles. The first-order valence-corrected chi connectivity index (χ1v) is 10.7. The molecule has 0 radical (unpaired) electrons. The van der Waals surface area contributed by atoms with Gasteiger partial charge in [-0.2, -0.15) is 0 Å². The predicted molar refractivity (Wildman–Crippen MR) is 119 cm³/mol. The van der Waals surface area contributed by atoms with Crippen LogP contribution in [0.5, 0.6) is 0 Å². The summed E-state index contributed by atoms with van der Waals surface area (Å²) < 4.78 is 1.77. The fraction of sp³-hybridized carbons (Fsp3) is 0.238. The van der Waals surface area contributed by atoms with Crippen LogP contribution < -0.4 is 10.6 Å². The van der Waals surface area contributed by atoms with E-state index in [1.165, 1.54) is 11.8 Å². The smallest absolute Gasteiger partial charge is 0.253 e. The number of nitrogens with zero attached hydrogens (tertiary/aromatic N) is 3. The first kappa shape index (κ1) is 21.9. The maximum absolute atomic E-state index is 12.5. The molecule has 1 heterocycles. The van der Waals surface area contributed by atoms with E-state index in [0.29, 0.717) is 21.6 Å². The lowest BCUT2D eigenvalue weighted by Gasteiger charge is -2.14. The highest BCUT2D eigenvalue weighted by Crippen LogP contribution is 2.21. The van der Waals surface area contributed by atoms with Crippen LogP contribution in [0.25, 0.3) is 0 Å². The number of benzene rings is 2. The van der Waals surface area contributed by atoms with Crippen molar-refractivity contribution in [2.75, 3.05) is 11.1 Å². The second-order valence-electron chi connectivity index (χ2n) is 6.78. The Morgan fingerprint density at radius 2 is 1.83 bits per heavy atom. The molecular weight excluding hydrogens is 422 g/mol. The van der Waals surface area contributed by atoms with Crippen molar-refractivity contribution >= 4 is 40.9 Å². The van der Waals surface area contributed by atoms with Crippen LogP contribution in [-0.2, 0) is 11.8 Å². The summed E-state index contributed by atoms with van der Waals surface area (Å²) in [7, 11) is 1.80. The number of rotatable bonds is 7. The molecule has 2 amide bonds. The third-order valence-electron chi connectivity index (χ3n) is 4.39. The van der Waals surface area contributed by atoms with Gasteiger partial charge in [0.2, 0.25) is 5.91 Å². The molecule has 7 nitrogen and oxygen atoms in total. The molecule has 2 N–H and O–H groups in total. The fourth-order valence-electron chi connectivity index (χ4n) is 2.78. The number of hydrogen-bond donors (Lipinski definition) is 2. The van der Waals surface area contributed by atoms with E-state index in [4.69, 9.17) is 11.6 Å². The fourth-order valence-corrected chi connectivity index (χ4v) is 3.72. The second-order valence-corrected chi connectivity index (χ2v) is 8.13. The van der Waals surface area contributed by atoms with E-state index in [-0.39, 0.29) is 23.6 Å². The van der Waals surface area contributed by atoms with Gasteiger partial charge in [0.15, 0.2) is 11.0 Å². The monoisotopic (exact) mass is 443 g/mol. The predicted octanol–water partition coefficient (Wildman–Crippen LogP) is 4.00. The highest BCUT2D eigenvalue weighted by molar-refractivity contribution is 7.99. The lowest BCUT2D eigenvalue weighted by Crippen LogP contribution is -2.28. The number of aromatic nitrogens is 3. The number of thioether (sulfide) groups is 1. The van der Waals surface area contributed by atoms with Crippen LogP contribution in [0.3, 0.4) is 0 Å². The summed E-state index contributed by atoms with van der Waals surface area (Å²) in [5.41, 5.74) is 2.28. The maximum atomic E-state index is 12.5. The molecule has 1 atom stereocenters. The number of aryl methyl sites for hydroxylation is 1. The van der Waals surface area contributed by atoms with Crippen LogP contribution in [0.1, 0.15) is 34.7 Å². The van der Waals surface area contributed by atoms with Crippen molar-refractivity contribution in [3.05, 3.63) is 70.5 Å². The largest absolute Gasteiger partial charge is 0.342 e. The molecule has 0 spiro atoms. The quantitative estimate of drug-likeness (QED) is 0.539. The Labute approximate surface area is 184 Å². The Morgan fingerprint density at radius 1 is 1.13 bits per heavy atom. The molecule has 1 aromatic heterocycles. The van der Waals surface area contributed by atoms with Crippen LogP contribution in [0.15, 0.2) is 53.7 Å². The minimum absolute atomic E-state index is 0.131. The maximum Gasteiger partial charge on any atom is 0.253 e. The zero-order valence-corrected chi connectivity index (χ0v) is 18.4. The van der Waals surface area contributed by atoms with Crippen molar-refractivity contribution < 1.29 is 9.59 Å². The van der Waals surface area contributed by atoms with E-state index in [1.807, 2.05) is 38.1 Å². The van der Waals surface area contributed by atoms with Crippen LogP contribution in [-0.4, -0.2) is 32.3 Å². The van der Waals surface area contributed by atoms with Gasteiger partial charge in [-0.3, -0.25) is 9.59 Å². The molecule has 0 saturated heterocycles. The molecule has 156 valence electrons. The summed E-state index contributed by atoms with van der Waals surface area (Å²) in [6.45, 7) is 3.81. The standard InChI is InChI=1S/C21H22ClN5O2S/c1-13-8-10-15(11-9-13)24-18(28)12-30-21-26-25-19(27(21)3)14(2)23-20(29)16-6-4-5-7-17(16)22/h4-11,14H,12H2,1-3H3,(H,23,29)(H,24,28)/t14-/m0/s1. The van der Waals surface area contributed by atoms with E-state index in [2.05, 4.69) is 20.8 Å². The number of halogens is 1. The first-order chi connectivity index (χ1) is 14.3. The van der Waals surface area contributed by atoms with Gasteiger partial charge in [0, 0.05) is 12.7 Å². The van der Waals surface area contributed by atoms with E-state index >= 15 is 0 Å². The van der Waals surface area contributed by atoms with Gasteiger partial charge in [-0.1, -0.05) is 53.2 Å². The second kappa shape index (κ2) is 9.77. The van der Waals surface area contributed by atoms with Crippen molar-refractivity contribution in [3.63, 3.8) is 0 Å². The zero-order chi connectivity index (χ0) is 21.7. The highest BCUT2D eigenvalue weighted by Gasteiger charge is 2.20. The van der Waals surface area contributed by atoms with Gasteiger partial charge < -0.3 is 15.2 Å². The lowest BCUT2D eigenvalue weighted by molar-refractivity contribution is -0.113. The third kappa shape index (κ3) is 5.40. The minimum Gasteiger partial charge on any atom is -0.342 e. The third-order valence-corrected chi connectivity index (χ3v) is 5.74. The molecule has 0 unspecified atom stereocenters. The SMILES string of the molecule is Cc1ccc(NC(=O)CSc2nnc([C@H](C)NC(=O)c3ccccc3Cl)n2C)cc1. The average Bonchev–Trinajstić information content (AvgIpc) is 3.09. The van der Waals surface area contributed by atoms with E-state index in [0.717, 1.165) is 11.3 Å². The molecule has 3 aromatic rings. The number of amides is 2. The topological polar surface area (TPSA) is 88.9 Å². The van der Waals surface area contributed by atoms with Gasteiger partial charge in [-0.05, 0) is 38.1 Å². The number of carbonyl (C=O) groups is 2.